The Hall–Kier alpha value is -3.05. The summed E-state index contributed by atoms with van der Waals surface area (Å²) in [6.07, 6.45) is 7.72. The number of rotatable bonds is 4. The minimum absolute atomic E-state index is 0.594. The van der Waals surface area contributed by atoms with Gasteiger partial charge in [-0.2, -0.15) is 0 Å². The van der Waals surface area contributed by atoms with E-state index in [0.717, 1.165) is 49.6 Å². The van der Waals surface area contributed by atoms with Crippen molar-refractivity contribution in [3.8, 4) is 0 Å². The predicted octanol–water partition coefficient (Wildman–Crippen LogP) is 5.26. The number of para-hydroxylation sites is 1. The van der Waals surface area contributed by atoms with Gasteiger partial charge in [-0.1, -0.05) is 36.4 Å². The van der Waals surface area contributed by atoms with E-state index in [9.17, 15) is 0 Å². The number of hydrogen-bond donors (Lipinski definition) is 0. The molecule has 1 saturated heterocycles. The van der Waals surface area contributed by atoms with Crippen LogP contribution in [0, 0.1) is 5.92 Å². The minimum Gasteiger partial charge on any atom is -0.371 e. The zero-order chi connectivity index (χ0) is 20.5. The maximum absolute atomic E-state index is 6.07. The second-order valence-electron chi connectivity index (χ2n) is 7.83. The van der Waals surface area contributed by atoms with Gasteiger partial charge in [-0.15, -0.1) is 0 Å². The zero-order valence-corrected chi connectivity index (χ0v) is 17.5. The number of hydrogen-bond acceptors (Lipinski definition) is 5. The lowest BCUT2D eigenvalue weighted by molar-refractivity contribution is 0.405. The molecule has 5 nitrogen and oxygen atoms in total. The molecule has 1 fully saturated rings. The Labute approximate surface area is 182 Å². The molecule has 0 bridgehead atoms. The second kappa shape index (κ2) is 8.00. The van der Waals surface area contributed by atoms with Crippen LogP contribution >= 0.6 is 11.6 Å². The molecule has 0 saturated carbocycles. The number of pyridine rings is 2. The summed E-state index contributed by atoms with van der Waals surface area (Å²) in [6.45, 7) is 7.42. The third-order valence-corrected chi connectivity index (χ3v) is 6.22. The van der Waals surface area contributed by atoms with Crippen LogP contribution in [0.2, 0.25) is 5.02 Å². The summed E-state index contributed by atoms with van der Waals surface area (Å²) in [6, 6.07) is 16.5. The van der Waals surface area contributed by atoms with Gasteiger partial charge >= 0.3 is 0 Å². The summed E-state index contributed by atoms with van der Waals surface area (Å²) in [7, 11) is 0. The van der Waals surface area contributed by atoms with Gasteiger partial charge in [0.15, 0.2) is 5.82 Å². The highest BCUT2D eigenvalue weighted by Gasteiger charge is 2.34. The smallest absolute Gasteiger partial charge is 0.152 e. The van der Waals surface area contributed by atoms with E-state index in [1.165, 1.54) is 11.4 Å². The lowest BCUT2D eigenvalue weighted by Gasteiger charge is -2.38. The van der Waals surface area contributed by atoms with Crippen LogP contribution in [0.15, 0.2) is 73.7 Å². The Bertz CT molecular complexity index is 1030. The van der Waals surface area contributed by atoms with Crippen LogP contribution in [0.1, 0.15) is 18.4 Å². The molecule has 5 rings (SSSR count). The highest BCUT2D eigenvalue weighted by atomic mass is 35.5. The summed E-state index contributed by atoms with van der Waals surface area (Å²) in [5.74, 6) is 1.44. The van der Waals surface area contributed by atoms with E-state index in [1.54, 1.807) is 6.20 Å². The van der Waals surface area contributed by atoms with Gasteiger partial charge < -0.3 is 4.90 Å². The number of fused-ring (bicyclic) bond motifs is 1. The van der Waals surface area contributed by atoms with Crippen LogP contribution in [0.4, 0.5) is 17.2 Å². The lowest BCUT2D eigenvalue weighted by Crippen LogP contribution is -2.44. The molecule has 2 aliphatic heterocycles. The van der Waals surface area contributed by atoms with Crippen molar-refractivity contribution in [3.63, 3.8) is 0 Å². The Morgan fingerprint density at radius 1 is 1.00 bits per heavy atom. The number of piperidine rings is 1. The molecule has 0 spiro atoms. The van der Waals surface area contributed by atoms with Crippen molar-refractivity contribution < 1.29 is 0 Å². The Morgan fingerprint density at radius 3 is 2.50 bits per heavy atom. The molecule has 4 heterocycles. The fourth-order valence-corrected chi connectivity index (χ4v) is 4.53. The fourth-order valence-electron chi connectivity index (χ4n) is 4.42. The summed E-state index contributed by atoms with van der Waals surface area (Å²) in [5.41, 5.74) is 4.56. The SMILES string of the molecule is C=C1c2ccccc2N(CC2CCN(c3ccncc3)CC2)N1c1ccc(Cl)cn1. The normalized spacial score (nSPS) is 16.8. The lowest BCUT2D eigenvalue weighted by atomic mass is 9.96. The van der Waals surface area contributed by atoms with E-state index in [-0.39, 0.29) is 0 Å². The second-order valence-corrected chi connectivity index (χ2v) is 8.26. The molecule has 2 aliphatic rings. The first-order chi connectivity index (χ1) is 14.7. The van der Waals surface area contributed by atoms with Crippen molar-refractivity contribution >= 4 is 34.5 Å². The molecule has 0 aliphatic carbocycles. The Balaban J connectivity index is 1.36. The zero-order valence-electron chi connectivity index (χ0n) is 16.8. The van der Waals surface area contributed by atoms with Crippen molar-refractivity contribution in [3.05, 3.63) is 84.3 Å². The van der Waals surface area contributed by atoms with E-state index in [0.29, 0.717) is 10.9 Å². The van der Waals surface area contributed by atoms with Gasteiger partial charge in [0.25, 0.3) is 0 Å². The van der Waals surface area contributed by atoms with Crippen molar-refractivity contribution in [1.29, 1.82) is 0 Å². The fraction of sp³-hybridized carbons (Fsp3) is 0.250. The molecule has 0 atom stereocenters. The van der Waals surface area contributed by atoms with E-state index in [1.807, 2.05) is 24.5 Å². The number of nitrogens with zero attached hydrogens (tertiary/aromatic N) is 5. The molecule has 0 N–H and O–H groups in total. The van der Waals surface area contributed by atoms with Gasteiger partial charge in [-0.3, -0.25) is 9.99 Å². The molecule has 3 aromatic rings. The molecular formula is C24H24ClN5. The number of benzene rings is 1. The third kappa shape index (κ3) is 3.50. The summed E-state index contributed by atoms with van der Waals surface area (Å²) >= 11 is 6.07. The van der Waals surface area contributed by atoms with Gasteiger partial charge in [-0.05, 0) is 49.1 Å². The molecule has 0 unspecified atom stereocenters. The van der Waals surface area contributed by atoms with Crippen molar-refractivity contribution in [2.75, 3.05) is 34.6 Å². The van der Waals surface area contributed by atoms with E-state index >= 15 is 0 Å². The van der Waals surface area contributed by atoms with Gasteiger partial charge in [0, 0.05) is 49.5 Å². The van der Waals surface area contributed by atoms with Crippen LogP contribution in [-0.4, -0.2) is 29.6 Å². The van der Waals surface area contributed by atoms with Crippen LogP contribution in [0.5, 0.6) is 0 Å². The molecule has 152 valence electrons. The van der Waals surface area contributed by atoms with Crippen LogP contribution in [-0.2, 0) is 0 Å². The predicted molar refractivity (Wildman–Crippen MR) is 124 cm³/mol. The minimum atomic E-state index is 0.594. The van der Waals surface area contributed by atoms with Crippen LogP contribution in [0.25, 0.3) is 5.70 Å². The van der Waals surface area contributed by atoms with Crippen molar-refractivity contribution in [2.45, 2.75) is 12.8 Å². The number of hydrazine groups is 1. The molecular weight excluding hydrogens is 394 g/mol. The maximum Gasteiger partial charge on any atom is 0.152 e. The van der Waals surface area contributed by atoms with Crippen LogP contribution in [0.3, 0.4) is 0 Å². The molecule has 0 radical (unpaired) electrons. The Kier molecular flexibility index (Phi) is 5.05. The molecule has 6 heteroatoms. The molecule has 0 amide bonds. The van der Waals surface area contributed by atoms with Gasteiger partial charge in [-0.25, -0.2) is 9.99 Å². The first-order valence-electron chi connectivity index (χ1n) is 10.3. The van der Waals surface area contributed by atoms with Crippen molar-refractivity contribution in [1.82, 2.24) is 9.97 Å². The first-order valence-corrected chi connectivity index (χ1v) is 10.7. The summed E-state index contributed by atoms with van der Waals surface area (Å²) in [4.78, 5) is 11.2. The van der Waals surface area contributed by atoms with Crippen LogP contribution < -0.4 is 14.9 Å². The summed E-state index contributed by atoms with van der Waals surface area (Å²) in [5, 5.41) is 5.10. The van der Waals surface area contributed by atoms with Gasteiger partial charge in [0.1, 0.15) is 0 Å². The van der Waals surface area contributed by atoms with Gasteiger partial charge in [0.05, 0.1) is 16.4 Å². The maximum atomic E-state index is 6.07. The van der Waals surface area contributed by atoms with Gasteiger partial charge in [0.2, 0.25) is 0 Å². The molecule has 30 heavy (non-hydrogen) atoms. The molecule has 2 aromatic heterocycles. The van der Waals surface area contributed by atoms with E-state index in [4.69, 9.17) is 11.6 Å². The number of aromatic nitrogens is 2. The van der Waals surface area contributed by atoms with E-state index < -0.39 is 0 Å². The molecule has 1 aromatic carbocycles. The highest BCUT2D eigenvalue weighted by Crippen LogP contribution is 2.41. The topological polar surface area (TPSA) is 35.5 Å². The third-order valence-electron chi connectivity index (χ3n) is 5.99. The summed E-state index contributed by atoms with van der Waals surface area (Å²) < 4.78 is 0. The monoisotopic (exact) mass is 417 g/mol. The quantitative estimate of drug-likeness (QED) is 0.578. The first kappa shape index (κ1) is 18.9. The number of halogens is 1. The average Bonchev–Trinajstić information content (AvgIpc) is 3.07. The highest BCUT2D eigenvalue weighted by molar-refractivity contribution is 6.30. The number of anilines is 3. The van der Waals surface area contributed by atoms with Crippen molar-refractivity contribution in [2.24, 2.45) is 5.92 Å². The Morgan fingerprint density at radius 2 is 1.77 bits per heavy atom. The largest absolute Gasteiger partial charge is 0.371 e. The average molecular weight is 418 g/mol. The van der Waals surface area contributed by atoms with E-state index in [2.05, 4.69) is 67.9 Å². The standard InChI is InChI=1S/C24H24ClN5/c1-18-22-4-2-3-5-23(22)29(30(18)24-7-6-20(25)16-27-24)17-19-10-14-28(15-11-19)21-8-12-26-13-9-21/h2-9,12-13,16,19H,1,10-11,14-15,17H2.